The van der Waals surface area contributed by atoms with Gasteiger partial charge in [0.25, 0.3) is 0 Å². The van der Waals surface area contributed by atoms with Crippen molar-refractivity contribution in [1.29, 1.82) is 0 Å². The van der Waals surface area contributed by atoms with Crippen molar-refractivity contribution < 1.29 is 4.21 Å². The van der Waals surface area contributed by atoms with E-state index < -0.39 is 10.8 Å². The third-order valence-corrected chi connectivity index (χ3v) is 4.40. The summed E-state index contributed by atoms with van der Waals surface area (Å²) in [6.45, 7) is 7.79. The van der Waals surface area contributed by atoms with Crippen LogP contribution in [0.4, 0.5) is 11.6 Å². The van der Waals surface area contributed by atoms with Crippen molar-refractivity contribution >= 4 is 22.4 Å². The topological polar surface area (TPSA) is 66.9 Å². The van der Waals surface area contributed by atoms with Crippen LogP contribution < -0.4 is 10.6 Å². The minimum atomic E-state index is -0.768. The SMILES string of the molecule is CCCc1nc(NCC)cc(NCCC(C)S(C)=O)n1. The number of nitrogens with zero attached hydrogens (tertiary/aromatic N) is 2. The van der Waals surface area contributed by atoms with E-state index in [1.165, 1.54) is 0 Å². The first-order valence-corrected chi connectivity index (χ1v) is 8.86. The number of rotatable bonds is 9. The summed E-state index contributed by atoms with van der Waals surface area (Å²) in [4.78, 5) is 8.98. The summed E-state index contributed by atoms with van der Waals surface area (Å²) >= 11 is 0. The van der Waals surface area contributed by atoms with Crippen molar-refractivity contribution in [2.24, 2.45) is 0 Å². The van der Waals surface area contributed by atoms with Crippen LogP contribution in [0.5, 0.6) is 0 Å². The van der Waals surface area contributed by atoms with E-state index >= 15 is 0 Å². The zero-order valence-electron chi connectivity index (χ0n) is 12.9. The first kappa shape index (κ1) is 16.9. The van der Waals surface area contributed by atoms with Crippen LogP contribution in [0.2, 0.25) is 0 Å². The lowest BCUT2D eigenvalue weighted by Crippen LogP contribution is -2.16. The Hall–Kier alpha value is -1.17. The number of aromatic nitrogens is 2. The van der Waals surface area contributed by atoms with Gasteiger partial charge < -0.3 is 10.6 Å². The van der Waals surface area contributed by atoms with E-state index in [0.29, 0.717) is 0 Å². The molecule has 0 amide bonds. The molecular weight excluding hydrogens is 272 g/mol. The molecule has 0 saturated heterocycles. The molecule has 0 aromatic carbocycles. The molecule has 1 rings (SSSR count). The Morgan fingerprint density at radius 2 is 1.90 bits per heavy atom. The molecule has 1 heterocycles. The van der Waals surface area contributed by atoms with E-state index in [-0.39, 0.29) is 5.25 Å². The van der Waals surface area contributed by atoms with Gasteiger partial charge in [0.2, 0.25) is 0 Å². The zero-order chi connectivity index (χ0) is 15.0. The van der Waals surface area contributed by atoms with Crippen molar-refractivity contribution in [2.75, 3.05) is 30.0 Å². The highest BCUT2D eigenvalue weighted by Gasteiger charge is 2.07. The summed E-state index contributed by atoms with van der Waals surface area (Å²) in [5.41, 5.74) is 0. The van der Waals surface area contributed by atoms with Gasteiger partial charge in [-0.05, 0) is 19.8 Å². The Morgan fingerprint density at radius 3 is 2.45 bits per heavy atom. The van der Waals surface area contributed by atoms with Crippen LogP contribution in [0.25, 0.3) is 0 Å². The Labute approximate surface area is 124 Å². The van der Waals surface area contributed by atoms with E-state index in [1.54, 1.807) is 6.26 Å². The molecule has 2 atom stereocenters. The second kappa shape index (κ2) is 8.89. The molecule has 0 bridgehead atoms. The Kier molecular flexibility index (Phi) is 7.51. The minimum Gasteiger partial charge on any atom is -0.370 e. The van der Waals surface area contributed by atoms with E-state index in [4.69, 9.17) is 0 Å². The van der Waals surface area contributed by atoms with Gasteiger partial charge in [-0.3, -0.25) is 4.21 Å². The maximum atomic E-state index is 11.3. The molecule has 20 heavy (non-hydrogen) atoms. The molecule has 0 aliphatic heterocycles. The Balaban J connectivity index is 2.65. The quantitative estimate of drug-likeness (QED) is 0.733. The minimum absolute atomic E-state index is 0.202. The summed E-state index contributed by atoms with van der Waals surface area (Å²) in [5.74, 6) is 2.56. The summed E-state index contributed by atoms with van der Waals surface area (Å²) in [6, 6.07) is 1.93. The van der Waals surface area contributed by atoms with Crippen LogP contribution in [0.3, 0.4) is 0 Å². The largest absolute Gasteiger partial charge is 0.370 e. The van der Waals surface area contributed by atoms with Crippen LogP contribution in [-0.2, 0) is 17.2 Å². The molecule has 0 fully saturated rings. The van der Waals surface area contributed by atoms with E-state index in [1.807, 2.05) is 19.9 Å². The van der Waals surface area contributed by atoms with E-state index in [0.717, 1.165) is 49.8 Å². The molecular formula is C14H26N4OS. The average Bonchev–Trinajstić information content (AvgIpc) is 2.39. The molecule has 2 unspecified atom stereocenters. The van der Waals surface area contributed by atoms with Gasteiger partial charge >= 0.3 is 0 Å². The van der Waals surface area contributed by atoms with Crippen LogP contribution in [0.15, 0.2) is 6.07 Å². The number of nitrogens with one attached hydrogen (secondary N) is 2. The van der Waals surface area contributed by atoms with Gasteiger partial charge in [-0.1, -0.05) is 13.8 Å². The molecule has 1 aromatic heterocycles. The van der Waals surface area contributed by atoms with Crippen LogP contribution in [0, 0.1) is 0 Å². The first-order chi connectivity index (χ1) is 9.56. The normalized spacial score (nSPS) is 13.8. The van der Waals surface area contributed by atoms with E-state index in [9.17, 15) is 4.21 Å². The highest BCUT2D eigenvalue weighted by Crippen LogP contribution is 2.13. The molecule has 0 radical (unpaired) electrons. The molecule has 2 N–H and O–H groups in total. The lowest BCUT2D eigenvalue weighted by Gasteiger charge is -2.12. The van der Waals surface area contributed by atoms with Gasteiger partial charge in [-0.2, -0.15) is 0 Å². The molecule has 0 saturated carbocycles. The van der Waals surface area contributed by atoms with Gasteiger partial charge in [0.05, 0.1) is 0 Å². The highest BCUT2D eigenvalue weighted by molar-refractivity contribution is 7.84. The van der Waals surface area contributed by atoms with Crippen molar-refractivity contribution in [1.82, 2.24) is 9.97 Å². The first-order valence-electron chi connectivity index (χ1n) is 7.24. The summed E-state index contributed by atoms with van der Waals surface area (Å²) in [7, 11) is -0.768. The highest BCUT2D eigenvalue weighted by atomic mass is 32.2. The lowest BCUT2D eigenvalue weighted by molar-refractivity contribution is 0.672. The summed E-state index contributed by atoms with van der Waals surface area (Å²) < 4.78 is 11.3. The van der Waals surface area contributed by atoms with Crippen LogP contribution in [0.1, 0.15) is 39.4 Å². The van der Waals surface area contributed by atoms with Gasteiger partial charge in [0.1, 0.15) is 17.5 Å². The number of hydrogen-bond donors (Lipinski definition) is 2. The second-order valence-corrected chi connectivity index (χ2v) is 6.66. The van der Waals surface area contributed by atoms with Crippen LogP contribution >= 0.6 is 0 Å². The number of hydrogen-bond acceptors (Lipinski definition) is 5. The maximum Gasteiger partial charge on any atom is 0.133 e. The molecule has 114 valence electrons. The fourth-order valence-corrected chi connectivity index (χ4v) is 2.21. The van der Waals surface area contributed by atoms with Gasteiger partial charge in [-0.25, -0.2) is 9.97 Å². The fourth-order valence-electron chi connectivity index (χ4n) is 1.76. The maximum absolute atomic E-state index is 11.3. The third kappa shape index (κ3) is 5.86. The zero-order valence-corrected chi connectivity index (χ0v) is 13.7. The second-order valence-electron chi connectivity index (χ2n) is 4.86. The molecule has 1 aromatic rings. The monoisotopic (exact) mass is 298 g/mol. The fraction of sp³-hybridized carbons (Fsp3) is 0.714. The van der Waals surface area contributed by atoms with Crippen LogP contribution in [-0.4, -0.2) is 38.8 Å². The summed E-state index contributed by atoms with van der Waals surface area (Å²) in [6.07, 6.45) is 4.52. The molecule has 0 aliphatic carbocycles. The van der Waals surface area contributed by atoms with Crippen molar-refractivity contribution in [2.45, 2.75) is 45.3 Å². The molecule has 6 heteroatoms. The predicted octanol–water partition coefficient (Wildman–Crippen LogP) is 2.43. The molecule has 0 spiro atoms. The number of anilines is 2. The predicted molar refractivity (Wildman–Crippen MR) is 86.8 cm³/mol. The van der Waals surface area contributed by atoms with Crippen molar-refractivity contribution in [3.8, 4) is 0 Å². The summed E-state index contributed by atoms with van der Waals surface area (Å²) in [5, 5.41) is 6.73. The van der Waals surface area contributed by atoms with Gasteiger partial charge in [-0.15, -0.1) is 0 Å². The van der Waals surface area contributed by atoms with Crippen molar-refractivity contribution in [3.63, 3.8) is 0 Å². The lowest BCUT2D eigenvalue weighted by atomic mass is 10.3. The number of aryl methyl sites for hydroxylation is 1. The Morgan fingerprint density at radius 1 is 1.25 bits per heavy atom. The van der Waals surface area contributed by atoms with Crippen molar-refractivity contribution in [3.05, 3.63) is 11.9 Å². The third-order valence-electron chi connectivity index (χ3n) is 3.03. The smallest absolute Gasteiger partial charge is 0.133 e. The Bertz CT molecular complexity index is 415. The molecule has 5 nitrogen and oxygen atoms in total. The van der Waals surface area contributed by atoms with Gasteiger partial charge in [0.15, 0.2) is 0 Å². The molecule has 0 aliphatic rings. The van der Waals surface area contributed by atoms with Gasteiger partial charge in [0, 0.05) is 47.9 Å². The van der Waals surface area contributed by atoms with E-state index in [2.05, 4.69) is 27.5 Å². The average molecular weight is 298 g/mol. The standard InChI is InChI=1S/C14H26N4OS/c1-5-7-12-17-13(15-6-2)10-14(18-12)16-9-8-11(3)20(4)19/h10-11H,5-9H2,1-4H3,(H2,15,16,17,18).